The van der Waals surface area contributed by atoms with Crippen molar-refractivity contribution < 1.29 is 4.39 Å². The summed E-state index contributed by atoms with van der Waals surface area (Å²) in [6.07, 6.45) is 3.14. The Hall–Kier alpha value is -4.21. The quantitative estimate of drug-likeness (QED) is 0.273. The second-order valence-electron chi connectivity index (χ2n) is 11.4. The molecule has 39 heavy (non-hydrogen) atoms. The number of hydrogen-bond donors (Lipinski definition) is 2. The van der Waals surface area contributed by atoms with E-state index in [0.29, 0.717) is 50.5 Å². The topological polar surface area (TPSA) is 115 Å². The van der Waals surface area contributed by atoms with E-state index in [-0.39, 0.29) is 11.1 Å². The molecule has 1 aliphatic rings. The van der Waals surface area contributed by atoms with Gasteiger partial charge >= 0.3 is 0 Å². The smallest absolute Gasteiger partial charge is 0.237 e. The minimum absolute atomic E-state index is 0.0626. The zero-order valence-electron chi connectivity index (χ0n) is 22.2. The molecule has 0 saturated heterocycles. The molecular formula is C29H28ClFN8. The Bertz CT molecular complexity index is 1650. The molecular weight excluding hydrogens is 515 g/mol. The van der Waals surface area contributed by atoms with Gasteiger partial charge in [0, 0.05) is 23.2 Å². The van der Waals surface area contributed by atoms with Crippen molar-refractivity contribution in [3.63, 3.8) is 0 Å². The molecule has 198 valence electrons. The van der Waals surface area contributed by atoms with Crippen LogP contribution in [0.25, 0.3) is 10.9 Å². The van der Waals surface area contributed by atoms with Crippen LogP contribution in [0.1, 0.15) is 69.0 Å². The number of aromatic nitrogens is 4. The molecule has 2 heterocycles. The molecule has 0 amide bonds. The molecule has 8 nitrogen and oxygen atoms in total. The lowest BCUT2D eigenvalue weighted by Crippen LogP contribution is -2.20. The highest BCUT2D eigenvalue weighted by Gasteiger charge is 2.44. The van der Waals surface area contributed by atoms with E-state index < -0.39 is 17.5 Å². The lowest BCUT2D eigenvalue weighted by Gasteiger charge is -2.23. The lowest BCUT2D eigenvalue weighted by atomic mass is 9.96. The van der Waals surface area contributed by atoms with Crippen molar-refractivity contribution in [2.24, 2.45) is 5.41 Å². The van der Waals surface area contributed by atoms with Gasteiger partial charge in [-0.25, -0.2) is 4.68 Å². The molecule has 5 rings (SSSR count). The number of nitrogens with zero attached hydrogens (tertiary/aromatic N) is 6. The summed E-state index contributed by atoms with van der Waals surface area (Å²) in [4.78, 5) is 4.57. The van der Waals surface area contributed by atoms with Crippen LogP contribution in [-0.2, 0) is 5.54 Å². The molecule has 0 aliphatic heterocycles. The van der Waals surface area contributed by atoms with E-state index in [4.69, 9.17) is 11.6 Å². The summed E-state index contributed by atoms with van der Waals surface area (Å²) in [5.74, 6) is -0.541. The maximum absolute atomic E-state index is 15.8. The monoisotopic (exact) mass is 542 g/mol. The average Bonchev–Trinajstić information content (AvgIpc) is 3.53. The number of hydrogen-bond acceptors (Lipinski definition) is 7. The molecule has 1 fully saturated rings. The van der Waals surface area contributed by atoms with Crippen molar-refractivity contribution >= 4 is 33.9 Å². The van der Waals surface area contributed by atoms with Crippen LogP contribution < -0.4 is 10.6 Å². The molecule has 0 unspecified atom stereocenters. The Morgan fingerprint density at radius 3 is 2.56 bits per heavy atom. The Morgan fingerprint density at radius 2 is 1.92 bits per heavy atom. The van der Waals surface area contributed by atoms with Crippen LogP contribution in [0, 0.1) is 34.0 Å². The number of benzene rings is 2. The molecule has 0 radical (unpaired) electrons. The first-order valence-electron chi connectivity index (χ1n) is 12.7. The number of rotatable bonds is 7. The van der Waals surface area contributed by atoms with Gasteiger partial charge in [0.2, 0.25) is 5.95 Å². The van der Waals surface area contributed by atoms with Crippen LogP contribution in [0.15, 0.2) is 42.6 Å². The van der Waals surface area contributed by atoms with Crippen LogP contribution in [0.2, 0.25) is 5.02 Å². The fourth-order valence-electron chi connectivity index (χ4n) is 4.46. The first-order valence-corrected chi connectivity index (χ1v) is 13.1. The Balaban J connectivity index is 1.68. The standard InChI is InChI=1S/C29H28ClFN8/c1-28(2,3)16-35-23-18(14-33)15-34-24-20(23)11-17(13-32)12-22(24)36-25(19-7-5-6-8-21(19)30)26-27(31)39(38-37-26)29(4)9-10-29/h5-8,11-12,15,25,36H,9-10,16H2,1-4H3,(H,34,35)/t25-/m0/s1. The Morgan fingerprint density at radius 1 is 1.18 bits per heavy atom. The zero-order chi connectivity index (χ0) is 27.9. The fraction of sp³-hybridized carbons (Fsp3) is 0.345. The van der Waals surface area contributed by atoms with Crippen molar-refractivity contribution in [2.75, 3.05) is 17.2 Å². The van der Waals surface area contributed by atoms with Gasteiger partial charge in [-0.1, -0.05) is 55.8 Å². The SMILES string of the molecule is CC(C)(C)CNc1c(C#N)cnc2c(N[C@@H](c3ccccc3Cl)c3nnn(C4(C)CC4)c3F)cc(C#N)cc12. The predicted octanol–water partition coefficient (Wildman–Crippen LogP) is 6.53. The molecule has 10 heteroatoms. The first kappa shape index (κ1) is 26.4. The van der Waals surface area contributed by atoms with Crippen molar-refractivity contribution in [2.45, 2.75) is 52.1 Å². The molecule has 1 atom stereocenters. The van der Waals surface area contributed by atoms with E-state index in [1.54, 1.807) is 30.3 Å². The number of halogens is 2. The van der Waals surface area contributed by atoms with Crippen molar-refractivity contribution in [1.29, 1.82) is 10.5 Å². The van der Waals surface area contributed by atoms with E-state index in [0.717, 1.165) is 12.8 Å². The molecule has 2 aromatic heterocycles. The average molecular weight is 543 g/mol. The second kappa shape index (κ2) is 9.83. The van der Waals surface area contributed by atoms with E-state index >= 15 is 4.39 Å². The molecule has 0 spiro atoms. The summed E-state index contributed by atoms with van der Waals surface area (Å²) in [6.45, 7) is 8.79. The van der Waals surface area contributed by atoms with Crippen molar-refractivity contribution in [3.8, 4) is 12.1 Å². The molecule has 0 bridgehead atoms. The third-order valence-electron chi connectivity index (χ3n) is 6.93. The van der Waals surface area contributed by atoms with E-state index in [2.05, 4.69) is 58.8 Å². The molecule has 2 aromatic carbocycles. The van der Waals surface area contributed by atoms with Gasteiger partial charge in [0.1, 0.15) is 17.8 Å². The van der Waals surface area contributed by atoms with Crippen LogP contribution in [0.4, 0.5) is 15.8 Å². The summed E-state index contributed by atoms with van der Waals surface area (Å²) in [5.41, 5.74) is 2.53. The largest absolute Gasteiger partial charge is 0.383 e. The Kier molecular flexibility index (Phi) is 6.65. The van der Waals surface area contributed by atoms with Gasteiger partial charge in [0.25, 0.3) is 0 Å². The number of anilines is 2. The summed E-state index contributed by atoms with van der Waals surface area (Å²) in [6, 6.07) is 14.1. The summed E-state index contributed by atoms with van der Waals surface area (Å²) < 4.78 is 17.2. The molecule has 1 saturated carbocycles. The highest BCUT2D eigenvalue weighted by molar-refractivity contribution is 6.31. The molecule has 1 aliphatic carbocycles. The summed E-state index contributed by atoms with van der Waals surface area (Å²) >= 11 is 6.59. The van der Waals surface area contributed by atoms with E-state index in [1.807, 2.05) is 13.0 Å². The fourth-order valence-corrected chi connectivity index (χ4v) is 4.71. The van der Waals surface area contributed by atoms with Gasteiger partial charge in [0.15, 0.2) is 0 Å². The zero-order valence-corrected chi connectivity index (χ0v) is 22.9. The van der Waals surface area contributed by atoms with E-state index in [1.165, 1.54) is 10.9 Å². The highest BCUT2D eigenvalue weighted by Crippen LogP contribution is 2.44. The molecule has 2 N–H and O–H groups in total. The van der Waals surface area contributed by atoms with Gasteiger partial charge < -0.3 is 10.6 Å². The number of nitrogens with one attached hydrogen (secondary N) is 2. The predicted molar refractivity (Wildman–Crippen MR) is 149 cm³/mol. The van der Waals surface area contributed by atoms with Gasteiger partial charge in [0.05, 0.1) is 39.6 Å². The maximum atomic E-state index is 15.8. The van der Waals surface area contributed by atoms with Gasteiger partial charge in [-0.05, 0) is 48.9 Å². The van der Waals surface area contributed by atoms with Crippen LogP contribution in [0.5, 0.6) is 0 Å². The normalized spacial score (nSPS) is 14.9. The number of nitriles is 2. The number of pyridine rings is 1. The lowest BCUT2D eigenvalue weighted by molar-refractivity contribution is 0.371. The van der Waals surface area contributed by atoms with Gasteiger partial charge in [-0.2, -0.15) is 14.9 Å². The van der Waals surface area contributed by atoms with Crippen LogP contribution in [0.3, 0.4) is 0 Å². The van der Waals surface area contributed by atoms with Crippen LogP contribution in [-0.4, -0.2) is 26.5 Å². The molecule has 4 aromatic rings. The highest BCUT2D eigenvalue weighted by atomic mass is 35.5. The third-order valence-corrected chi connectivity index (χ3v) is 7.27. The second-order valence-corrected chi connectivity index (χ2v) is 11.8. The van der Waals surface area contributed by atoms with Crippen LogP contribution >= 0.6 is 11.6 Å². The third kappa shape index (κ3) is 5.10. The van der Waals surface area contributed by atoms with Gasteiger partial charge in [-0.15, -0.1) is 5.10 Å². The maximum Gasteiger partial charge on any atom is 0.237 e. The van der Waals surface area contributed by atoms with Crippen molar-refractivity contribution in [3.05, 3.63) is 75.9 Å². The summed E-state index contributed by atoms with van der Waals surface area (Å²) in [5, 5.41) is 35.8. The minimum atomic E-state index is -0.824. The number of fused-ring (bicyclic) bond motifs is 1. The van der Waals surface area contributed by atoms with Gasteiger partial charge in [-0.3, -0.25) is 4.98 Å². The first-order chi connectivity index (χ1) is 18.5. The Labute approximate surface area is 231 Å². The van der Waals surface area contributed by atoms with Crippen molar-refractivity contribution in [1.82, 2.24) is 20.0 Å². The van der Waals surface area contributed by atoms with E-state index in [9.17, 15) is 10.5 Å². The minimum Gasteiger partial charge on any atom is -0.383 e. The summed E-state index contributed by atoms with van der Waals surface area (Å²) in [7, 11) is 0.